The van der Waals surface area contributed by atoms with Crippen LogP contribution < -0.4 is 10.0 Å². The van der Waals surface area contributed by atoms with Crippen molar-refractivity contribution < 1.29 is 26.4 Å². The number of halogens is 3. The second-order valence-electron chi connectivity index (χ2n) is 7.39. The van der Waals surface area contributed by atoms with Gasteiger partial charge in [-0.05, 0) is 47.7 Å². The first kappa shape index (κ1) is 25.1. The van der Waals surface area contributed by atoms with Crippen LogP contribution in [0.3, 0.4) is 0 Å². The van der Waals surface area contributed by atoms with E-state index in [0.717, 1.165) is 17.0 Å². The van der Waals surface area contributed by atoms with Crippen molar-refractivity contribution in [3.8, 4) is 0 Å². The van der Waals surface area contributed by atoms with Crippen LogP contribution in [0.5, 0.6) is 0 Å². The van der Waals surface area contributed by atoms with Crippen LogP contribution in [0.2, 0.25) is 0 Å². The minimum Gasteiger partial charge on any atom is -0.348 e. The molecule has 32 heavy (non-hydrogen) atoms. The molecule has 2 N–H and O–H groups in total. The van der Waals surface area contributed by atoms with Gasteiger partial charge < -0.3 is 5.32 Å². The van der Waals surface area contributed by atoms with E-state index in [1.807, 2.05) is 13.8 Å². The molecule has 0 aliphatic heterocycles. The minimum absolute atomic E-state index is 0.0888. The third kappa shape index (κ3) is 7.84. The number of nitrogens with zero attached hydrogens (tertiary/aromatic N) is 1. The molecule has 1 heterocycles. The van der Waals surface area contributed by atoms with Crippen LogP contribution in [0.4, 0.5) is 18.9 Å². The summed E-state index contributed by atoms with van der Waals surface area (Å²) < 4.78 is 64.1. The van der Waals surface area contributed by atoms with Crippen LogP contribution in [0.25, 0.3) is 6.08 Å². The zero-order chi connectivity index (χ0) is 23.9. The predicted molar refractivity (Wildman–Crippen MR) is 118 cm³/mol. The van der Waals surface area contributed by atoms with Crippen molar-refractivity contribution in [2.24, 2.45) is 5.92 Å². The van der Waals surface area contributed by atoms with Crippen LogP contribution >= 0.6 is 0 Å². The van der Waals surface area contributed by atoms with Gasteiger partial charge in [-0.3, -0.25) is 9.52 Å². The first-order chi connectivity index (χ1) is 14.9. The smallest absolute Gasteiger partial charge is 0.348 e. The maximum absolute atomic E-state index is 13.0. The highest BCUT2D eigenvalue weighted by molar-refractivity contribution is 7.95. The van der Waals surface area contributed by atoms with Crippen molar-refractivity contribution in [1.29, 1.82) is 0 Å². The van der Waals surface area contributed by atoms with E-state index in [9.17, 15) is 26.4 Å². The van der Waals surface area contributed by atoms with Gasteiger partial charge in [0, 0.05) is 29.4 Å². The zero-order valence-corrected chi connectivity index (χ0v) is 18.4. The van der Waals surface area contributed by atoms with E-state index in [-0.39, 0.29) is 18.2 Å². The number of benzene rings is 1. The third-order valence-corrected chi connectivity index (χ3v) is 5.17. The summed E-state index contributed by atoms with van der Waals surface area (Å²) in [6, 6.07) is 8.58. The van der Waals surface area contributed by atoms with E-state index in [1.54, 1.807) is 24.3 Å². The molecule has 10 heteroatoms. The van der Waals surface area contributed by atoms with Gasteiger partial charge in [0.05, 0.1) is 0 Å². The Morgan fingerprint density at radius 1 is 1.16 bits per heavy atom. The van der Waals surface area contributed by atoms with Crippen LogP contribution in [-0.4, -0.2) is 19.3 Å². The van der Waals surface area contributed by atoms with Crippen molar-refractivity contribution in [3.05, 3.63) is 77.0 Å². The Labute approximate surface area is 185 Å². The van der Waals surface area contributed by atoms with Gasteiger partial charge in [-0.2, -0.15) is 13.2 Å². The number of pyridine rings is 1. The molecule has 0 atom stereocenters. The van der Waals surface area contributed by atoms with Crippen molar-refractivity contribution in [3.63, 3.8) is 0 Å². The van der Waals surface area contributed by atoms with Crippen molar-refractivity contribution in [2.75, 3.05) is 4.72 Å². The molecule has 0 spiro atoms. The molecule has 0 radical (unpaired) electrons. The lowest BCUT2D eigenvalue weighted by molar-refractivity contribution is -0.141. The molecular formula is C22H24F3N3O3S. The lowest BCUT2D eigenvalue weighted by Gasteiger charge is -2.12. The molecule has 0 fully saturated rings. The van der Waals surface area contributed by atoms with E-state index in [4.69, 9.17) is 0 Å². The summed E-state index contributed by atoms with van der Waals surface area (Å²) in [5.41, 5.74) is 0.836. The molecule has 1 aromatic heterocycles. The Hall–Kier alpha value is -3.14. The summed E-state index contributed by atoms with van der Waals surface area (Å²) in [7, 11) is -3.60. The predicted octanol–water partition coefficient (Wildman–Crippen LogP) is 4.51. The van der Waals surface area contributed by atoms with Gasteiger partial charge in [-0.15, -0.1) is 0 Å². The fourth-order valence-corrected chi connectivity index (χ4v) is 3.23. The number of amides is 1. The third-order valence-electron chi connectivity index (χ3n) is 4.22. The van der Waals surface area contributed by atoms with Gasteiger partial charge in [0.25, 0.3) is 10.0 Å². The van der Waals surface area contributed by atoms with Gasteiger partial charge in [0.15, 0.2) is 0 Å². The normalized spacial score (nSPS) is 12.2. The minimum atomic E-state index is -4.54. The number of anilines is 1. The molecule has 0 aliphatic rings. The zero-order valence-electron chi connectivity index (χ0n) is 17.6. The Morgan fingerprint density at radius 2 is 1.81 bits per heavy atom. The molecule has 2 rings (SSSR count). The molecule has 0 unspecified atom stereocenters. The first-order valence-corrected chi connectivity index (χ1v) is 11.2. The van der Waals surface area contributed by atoms with Crippen molar-refractivity contribution in [1.82, 2.24) is 10.3 Å². The maximum Gasteiger partial charge on any atom is 0.433 e. The fourth-order valence-electron chi connectivity index (χ4n) is 2.68. The van der Waals surface area contributed by atoms with E-state index in [1.165, 1.54) is 18.2 Å². The second-order valence-corrected chi connectivity index (χ2v) is 9.02. The van der Waals surface area contributed by atoms with Crippen LogP contribution in [0.1, 0.15) is 36.4 Å². The number of hydrogen-bond acceptors (Lipinski definition) is 4. The lowest BCUT2D eigenvalue weighted by atomic mass is 10.0. The summed E-state index contributed by atoms with van der Waals surface area (Å²) in [6.07, 6.45) is -1.52. The standard InChI is InChI=1S/C22H24F3N3O3S/c1-4-32(30,31)28-18-9-5-16(6-10-18)14-26-21(29)12-8-17-7-11-20(22(23,24)25)27-19(17)13-15(2)3/h4-12,15,28H,1,13-14H2,2-3H3,(H,26,29). The SMILES string of the molecule is C=CS(=O)(=O)Nc1ccc(CNC(=O)C=Cc2ccc(C(F)(F)F)nc2CC(C)C)cc1. The van der Waals surface area contributed by atoms with E-state index in [2.05, 4.69) is 21.6 Å². The number of alkyl halides is 3. The number of nitrogens with one attached hydrogen (secondary N) is 2. The largest absolute Gasteiger partial charge is 0.433 e. The molecule has 1 aromatic carbocycles. The summed E-state index contributed by atoms with van der Waals surface area (Å²) >= 11 is 0. The van der Waals surface area contributed by atoms with E-state index < -0.39 is 27.8 Å². The van der Waals surface area contributed by atoms with Gasteiger partial charge >= 0.3 is 6.18 Å². The quantitative estimate of drug-likeness (QED) is 0.531. The Kier molecular flexibility index (Phi) is 8.20. The van der Waals surface area contributed by atoms with Gasteiger partial charge in [-0.25, -0.2) is 13.4 Å². The van der Waals surface area contributed by atoms with Crippen molar-refractivity contribution in [2.45, 2.75) is 33.0 Å². The summed E-state index contributed by atoms with van der Waals surface area (Å²) in [6.45, 7) is 7.13. The fraction of sp³-hybridized carbons (Fsp3) is 0.273. The number of sulfonamides is 1. The van der Waals surface area contributed by atoms with Gasteiger partial charge in [-0.1, -0.05) is 38.6 Å². The average molecular weight is 468 g/mol. The first-order valence-electron chi connectivity index (χ1n) is 9.67. The molecule has 172 valence electrons. The molecule has 6 nitrogen and oxygen atoms in total. The summed E-state index contributed by atoms with van der Waals surface area (Å²) in [5.74, 6) is -0.345. The monoisotopic (exact) mass is 467 g/mol. The molecule has 1 amide bonds. The molecule has 0 saturated carbocycles. The summed E-state index contributed by atoms with van der Waals surface area (Å²) in [5, 5.41) is 3.46. The van der Waals surface area contributed by atoms with Gasteiger partial charge in [0.2, 0.25) is 5.91 Å². The number of carbonyl (C=O) groups is 1. The Balaban J connectivity index is 2.03. The Morgan fingerprint density at radius 3 is 2.38 bits per heavy atom. The number of carbonyl (C=O) groups excluding carboxylic acids is 1. The molecule has 0 bridgehead atoms. The molecule has 0 aliphatic carbocycles. The van der Waals surface area contributed by atoms with Crippen LogP contribution in [0.15, 0.2) is 54.5 Å². The highest BCUT2D eigenvalue weighted by Gasteiger charge is 2.32. The lowest BCUT2D eigenvalue weighted by Crippen LogP contribution is -2.20. The van der Waals surface area contributed by atoms with E-state index >= 15 is 0 Å². The number of aromatic nitrogens is 1. The maximum atomic E-state index is 13.0. The number of hydrogen-bond donors (Lipinski definition) is 2. The van der Waals surface area contributed by atoms with Gasteiger partial charge in [0.1, 0.15) is 5.69 Å². The highest BCUT2D eigenvalue weighted by Crippen LogP contribution is 2.29. The topological polar surface area (TPSA) is 88.2 Å². The van der Waals surface area contributed by atoms with Crippen LogP contribution in [-0.2, 0) is 34.0 Å². The molecule has 0 saturated heterocycles. The summed E-state index contributed by atoms with van der Waals surface area (Å²) in [4.78, 5) is 15.9. The molecule has 2 aromatic rings. The molecular weight excluding hydrogens is 443 g/mol. The van der Waals surface area contributed by atoms with Crippen molar-refractivity contribution >= 4 is 27.7 Å². The average Bonchev–Trinajstić information content (AvgIpc) is 2.71. The number of rotatable bonds is 9. The highest BCUT2D eigenvalue weighted by atomic mass is 32.2. The van der Waals surface area contributed by atoms with E-state index in [0.29, 0.717) is 17.7 Å². The van der Waals surface area contributed by atoms with Crippen LogP contribution in [0, 0.1) is 5.92 Å². The second kappa shape index (κ2) is 10.4. The Bertz CT molecular complexity index is 1090.